The summed E-state index contributed by atoms with van der Waals surface area (Å²) in [5, 5.41) is 11.5. The van der Waals surface area contributed by atoms with E-state index in [2.05, 4.69) is 4.98 Å². The van der Waals surface area contributed by atoms with Crippen LogP contribution in [0.3, 0.4) is 0 Å². The summed E-state index contributed by atoms with van der Waals surface area (Å²) in [5.74, 6) is -1.69. The molecule has 0 amide bonds. The summed E-state index contributed by atoms with van der Waals surface area (Å²) in [6.07, 6.45) is 1.01. The topological polar surface area (TPSA) is 187 Å². The minimum atomic E-state index is -1.13. The molecule has 3 rings (SSSR count). The van der Waals surface area contributed by atoms with E-state index in [1.165, 1.54) is 6.20 Å². The van der Waals surface area contributed by atoms with Gasteiger partial charge >= 0.3 is 18.1 Å². The quantitative estimate of drug-likeness (QED) is 0.0349. The molecule has 0 radical (unpaired) electrons. The third-order valence-electron chi connectivity index (χ3n) is 6.88. The van der Waals surface area contributed by atoms with E-state index in [9.17, 15) is 24.4 Å². The zero-order valence-electron chi connectivity index (χ0n) is 28.5. The Morgan fingerprint density at radius 1 is 0.720 bits per heavy atom. The first-order valence-corrected chi connectivity index (χ1v) is 15.9. The van der Waals surface area contributed by atoms with Gasteiger partial charge in [-0.2, -0.15) is 4.73 Å². The van der Waals surface area contributed by atoms with Crippen molar-refractivity contribution in [1.82, 2.24) is 9.55 Å². The molecule has 0 atom stereocenters. The highest BCUT2D eigenvalue weighted by Gasteiger charge is 2.19. The summed E-state index contributed by atoms with van der Waals surface area (Å²) in [5.41, 5.74) is 2.80. The van der Waals surface area contributed by atoms with Crippen LogP contribution in [0, 0.1) is 19.1 Å². The van der Waals surface area contributed by atoms with Crippen LogP contribution in [0.4, 0.5) is 4.79 Å². The van der Waals surface area contributed by atoms with E-state index in [4.69, 9.17) is 37.9 Å². The van der Waals surface area contributed by atoms with Crippen molar-refractivity contribution in [2.24, 2.45) is 7.05 Å². The van der Waals surface area contributed by atoms with Gasteiger partial charge in [0.1, 0.15) is 13.2 Å². The van der Waals surface area contributed by atoms with Gasteiger partial charge in [0, 0.05) is 25.2 Å². The van der Waals surface area contributed by atoms with E-state index in [0.29, 0.717) is 73.6 Å². The first-order valence-electron chi connectivity index (χ1n) is 15.9. The SMILES string of the molecule is Cc1ccc(C(=O)c2ccc(CC(=O)OC(=O)OCCOCCOCCOCCOCCOCCOC(=O)c3c[n+]([O-])c(C)cn3)n2C)cc1. The summed E-state index contributed by atoms with van der Waals surface area (Å²) in [6.45, 7) is 6.36. The fraction of sp³-hybridized carbons (Fsp3) is 0.471. The largest absolute Gasteiger partial charge is 0.618 e. The molecule has 1 aromatic carbocycles. The number of ether oxygens (including phenoxy) is 8. The van der Waals surface area contributed by atoms with Crippen molar-refractivity contribution >= 4 is 23.9 Å². The van der Waals surface area contributed by atoms with Gasteiger partial charge in [0.05, 0.1) is 84.4 Å². The van der Waals surface area contributed by atoms with Crippen LogP contribution in [-0.4, -0.2) is 113 Å². The van der Waals surface area contributed by atoms with E-state index >= 15 is 0 Å². The van der Waals surface area contributed by atoms with Crippen LogP contribution in [-0.2, 0) is 56.2 Å². The molecule has 3 aromatic rings. The number of aromatic nitrogens is 3. The van der Waals surface area contributed by atoms with Crippen molar-refractivity contribution in [3.05, 3.63) is 87.9 Å². The Hall–Kier alpha value is -4.74. The third kappa shape index (κ3) is 14.4. The lowest BCUT2D eigenvalue weighted by Gasteiger charge is -2.09. The van der Waals surface area contributed by atoms with E-state index in [-0.39, 0.29) is 50.9 Å². The minimum absolute atomic E-state index is 0.0186. The van der Waals surface area contributed by atoms with Crippen LogP contribution < -0.4 is 4.73 Å². The van der Waals surface area contributed by atoms with Gasteiger partial charge in [0.25, 0.3) is 0 Å². The number of carbonyl (C=O) groups is 4. The average molecular weight is 702 g/mol. The summed E-state index contributed by atoms with van der Waals surface area (Å²) >= 11 is 0. The highest BCUT2D eigenvalue weighted by atomic mass is 16.7. The number of ketones is 1. The molecular formula is C34H43N3O13. The van der Waals surface area contributed by atoms with Crippen molar-refractivity contribution in [2.45, 2.75) is 20.3 Å². The van der Waals surface area contributed by atoms with Crippen molar-refractivity contribution < 1.29 is 61.8 Å². The summed E-state index contributed by atoms with van der Waals surface area (Å²) in [7, 11) is 1.67. The molecule has 0 saturated carbocycles. The maximum absolute atomic E-state index is 12.8. The molecule has 2 aromatic heterocycles. The molecule has 16 nitrogen and oxygen atoms in total. The normalized spacial score (nSPS) is 10.9. The molecule has 0 spiro atoms. The molecule has 0 saturated heterocycles. The number of hydrogen-bond donors (Lipinski definition) is 0. The van der Waals surface area contributed by atoms with Crippen LogP contribution in [0.5, 0.6) is 0 Å². The lowest BCUT2D eigenvalue weighted by Crippen LogP contribution is -2.32. The molecule has 16 heteroatoms. The Balaban J connectivity index is 1.08. The highest BCUT2D eigenvalue weighted by molar-refractivity contribution is 6.08. The Morgan fingerprint density at radius 3 is 1.78 bits per heavy atom. The van der Waals surface area contributed by atoms with Crippen LogP contribution in [0.2, 0.25) is 0 Å². The van der Waals surface area contributed by atoms with Crippen molar-refractivity contribution in [1.29, 1.82) is 0 Å². The third-order valence-corrected chi connectivity index (χ3v) is 6.88. The second-order valence-corrected chi connectivity index (χ2v) is 10.7. The maximum atomic E-state index is 12.8. The Morgan fingerprint density at radius 2 is 1.24 bits per heavy atom. The molecule has 2 heterocycles. The van der Waals surface area contributed by atoms with E-state index in [1.807, 2.05) is 19.1 Å². The number of esters is 2. The van der Waals surface area contributed by atoms with Crippen LogP contribution >= 0.6 is 0 Å². The fourth-order valence-corrected chi connectivity index (χ4v) is 4.12. The standard InChI is InChI=1S/C34H43N3O13/c1-25-4-6-27(7-5-25)32(39)30-9-8-28(36(30)3)22-31(38)50-34(41)49-21-19-47-17-15-45-13-11-43-10-12-44-14-16-46-18-20-48-33(40)29-24-37(42)26(2)23-35-29/h4-9,23-24H,10-22H2,1-3H3. The van der Waals surface area contributed by atoms with Gasteiger partial charge in [-0.1, -0.05) is 29.8 Å². The van der Waals surface area contributed by atoms with Gasteiger partial charge in [-0.3, -0.25) is 9.59 Å². The van der Waals surface area contributed by atoms with Gasteiger partial charge in [-0.15, -0.1) is 0 Å². The van der Waals surface area contributed by atoms with Crippen LogP contribution in [0.25, 0.3) is 0 Å². The first kappa shape index (κ1) is 39.7. The number of carbonyl (C=O) groups excluding carboxylic acids is 4. The summed E-state index contributed by atoms with van der Waals surface area (Å²) in [4.78, 5) is 52.5. The van der Waals surface area contributed by atoms with E-state index in [0.717, 1.165) is 11.8 Å². The number of benzene rings is 1. The van der Waals surface area contributed by atoms with Crippen LogP contribution in [0.15, 0.2) is 48.8 Å². The highest BCUT2D eigenvalue weighted by Crippen LogP contribution is 2.15. The maximum Gasteiger partial charge on any atom is 0.516 e. The molecule has 0 aliphatic heterocycles. The molecule has 0 aliphatic carbocycles. The van der Waals surface area contributed by atoms with E-state index < -0.39 is 18.1 Å². The van der Waals surface area contributed by atoms with Crippen LogP contribution in [0.1, 0.15) is 43.5 Å². The molecule has 0 unspecified atom stereocenters. The molecule has 0 fully saturated rings. The van der Waals surface area contributed by atoms with Gasteiger partial charge < -0.3 is 47.7 Å². The predicted octanol–water partition coefficient (Wildman–Crippen LogP) is 2.06. The second kappa shape index (κ2) is 22.1. The summed E-state index contributed by atoms with van der Waals surface area (Å²) < 4.78 is 43.6. The summed E-state index contributed by atoms with van der Waals surface area (Å²) in [6, 6.07) is 10.5. The average Bonchev–Trinajstić information content (AvgIpc) is 3.45. The lowest BCUT2D eigenvalue weighted by molar-refractivity contribution is -0.613. The minimum Gasteiger partial charge on any atom is -0.618 e. The van der Waals surface area contributed by atoms with Crippen molar-refractivity contribution in [3.8, 4) is 0 Å². The zero-order valence-corrected chi connectivity index (χ0v) is 28.5. The monoisotopic (exact) mass is 701 g/mol. The molecule has 0 bridgehead atoms. The Kier molecular flexibility index (Phi) is 17.5. The fourth-order valence-electron chi connectivity index (χ4n) is 4.12. The molecule has 0 N–H and O–H groups in total. The smallest absolute Gasteiger partial charge is 0.516 e. The molecule has 272 valence electrons. The molecular weight excluding hydrogens is 658 g/mol. The number of nitrogens with zero attached hydrogens (tertiary/aromatic N) is 3. The first-order chi connectivity index (χ1) is 24.2. The van der Waals surface area contributed by atoms with Gasteiger partial charge in [-0.05, 0) is 19.1 Å². The molecule has 0 aliphatic rings. The Bertz CT molecular complexity index is 1530. The molecule has 50 heavy (non-hydrogen) atoms. The lowest BCUT2D eigenvalue weighted by atomic mass is 10.1. The Labute approximate surface area is 289 Å². The van der Waals surface area contributed by atoms with Crippen molar-refractivity contribution in [2.75, 3.05) is 79.3 Å². The van der Waals surface area contributed by atoms with Gasteiger partial charge in [0.2, 0.25) is 23.4 Å². The van der Waals surface area contributed by atoms with Crippen molar-refractivity contribution in [3.63, 3.8) is 0 Å². The number of rotatable bonds is 23. The second-order valence-electron chi connectivity index (χ2n) is 10.7. The number of hydrogen-bond acceptors (Lipinski definition) is 14. The zero-order chi connectivity index (χ0) is 36.1. The van der Waals surface area contributed by atoms with E-state index in [1.54, 1.807) is 42.8 Å². The van der Waals surface area contributed by atoms with Gasteiger partial charge in [0.15, 0.2) is 0 Å². The van der Waals surface area contributed by atoms with Gasteiger partial charge in [-0.25, -0.2) is 14.6 Å². The number of aryl methyl sites for hydroxylation is 2. The predicted molar refractivity (Wildman–Crippen MR) is 173 cm³/mol.